The number of hydrogen-bond donors (Lipinski definition) is 2. The summed E-state index contributed by atoms with van der Waals surface area (Å²) in [6.07, 6.45) is 1.71. The number of aliphatic hydroxyl groups excluding tert-OH is 1. The van der Waals surface area contributed by atoms with Crippen molar-refractivity contribution in [1.82, 2.24) is 14.9 Å². The van der Waals surface area contributed by atoms with Crippen molar-refractivity contribution < 1.29 is 9.90 Å². The van der Waals surface area contributed by atoms with Crippen LogP contribution in [-0.2, 0) is 11.3 Å². The maximum absolute atomic E-state index is 12.7. The zero-order valence-corrected chi connectivity index (χ0v) is 13.5. The smallest absolute Gasteiger partial charge is 0.230 e. The Bertz CT molecular complexity index is 625. The van der Waals surface area contributed by atoms with Crippen LogP contribution in [0.3, 0.4) is 0 Å². The topological polar surface area (TPSA) is 69.2 Å². The molecule has 2 N–H and O–H groups in total. The summed E-state index contributed by atoms with van der Waals surface area (Å²) >= 11 is 5.88. The average Bonchev–Trinajstić information content (AvgIpc) is 2.91. The van der Waals surface area contributed by atoms with Gasteiger partial charge in [0.25, 0.3) is 0 Å². The number of hydrogen-bond acceptors (Lipinski definition) is 3. The van der Waals surface area contributed by atoms with Crippen molar-refractivity contribution in [2.75, 3.05) is 13.2 Å². The van der Waals surface area contributed by atoms with Crippen LogP contribution < -0.4 is 0 Å². The lowest BCUT2D eigenvalue weighted by Gasteiger charge is -2.25. The molecule has 0 aliphatic carbocycles. The van der Waals surface area contributed by atoms with Crippen LogP contribution >= 0.6 is 11.6 Å². The number of aromatic nitrogens is 2. The van der Waals surface area contributed by atoms with E-state index in [2.05, 4.69) is 9.97 Å². The van der Waals surface area contributed by atoms with Crippen LogP contribution in [-0.4, -0.2) is 39.0 Å². The molecule has 118 valence electrons. The highest BCUT2D eigenvalue weighted by atomic mass is 35.5. The number of nitrogens with one attached hydrogen (secondary N) is 1. The summed E-state index contributed by atoms with van der Waals surface area (Å²) in [6, 6.07) is 7.25. The molecule has 0 radical (unpaired) electrons. The van der Waals surface area contributed by atoms with Crippen LogP contribution in [0.15, 0.2) is 30.5 Å². The van der Waals surface area contributed by atoms with E-state index in [1.807, 2.05) is 26.0 Å². The standard InChI is InChI=1S/C16H20ClN3O2/c1-11(13-3-5-14(17)6-4-13)16(22)20(7-8-21)10-15-9-18-12(2)19-15/h3-6,9,11,21H,7-8,10H2,1-2H3,(H,18,19). The Labute approximate surface area is 134 Å². The fourth-order valence-electron chi connectivity index (χ4n) is 2.31. The highest BCUT2D eigenvalue weighted by molar-refractivity contribution is 6.30. The van der Waals surface area contributed by atoms with Crippen LogP contribution in [0.1, 0.15) is 29.9 Å². The number of halogens is 1. The Morgan fingerprint density at radius 1 is 1.41 bits per heavy atom. The molecule has 0 saturated heterocycles. The van der Waals surface area contributed by atoms with E-state index in [4.69, 9.17) is 11.6 Å². The summed E-state index contributed by atoms with van der Waals surface area (Å²) < 4.78 is 0. The highest BCUT2D eigenvalue weighted by Crippen LogP contribution is 2.21. The average molecular weight is 322 g/mol. The van der Waals surface area contributed by atoms with Gasteiger partial charge in [-0.25, -0.2) is 4.98 Å². The van der Waals surface area contributed by atoms with Crippen LogP contribution in [0.25, 0.3) is 0 Å². The van der Waals surface area contributed by atoms with Crippen LogP contribution in [0.5, 0.6) is 0 Å². The molecule has 6 heteroatoms. The summed E-state index contributed by atoms with van der Waals surface area (Å²) in [5, 5.41) is 9.86. The Balaban J connectivity index is 2.12. The van der Waals surface area contributed by atoms with Gasteiger partial charge in [0.2, 0.25) is 5.91 Å². The lowest BCUT2D eigenvalue weighted by atomic mass is 9.99. The number of rotatable bonds is 6. The molecule has 1 atom stereocenters. The largest absolute Gasteiger partial charge is 0.395 e. The molecule has 22 heavy (non-hydrogen) atoms. The summed E-state index contributed by atoms with van der Waals surface area (Å²) in [6.45, 7) is 4.32. The van der Waals surface area contributed by atoms with E-state index in [0.29, 0.717) is 11.6 Å². The molecule has 1 aromatic carbocycles. The van der Waals surface area contributed by atoms with Crippen molar-refractivity contribution in [2.45, 2.75) is 26.3 Å². The Kier molecular flexibility index (Phi) is 5.57. The molecule has 0 bridgehead atoms. The first-order valence-electron chi connectivity index (χ1n) is 7.17. The number of nitrogens with zero attached hydrogens (tertiary/aromatic N) is 2. The van der Waals surface area contributed by atoms with Gasteiger partial charge in [-0.15, -0.1) is 0 Å². The molecule has 1 unspecified atom stereocenters. The predicted octanol–water partition coefficient (Wildman–Crippen LogP) is 2.50. The van der Waals surface area contributed by atoms with E-state index in [0.717, 1.165) is 17.1 Å². The van der Waals surface area contributed by atoms with Gasteiger partial charge in [0.15, 0.2) is 0 Å². The zero-order chi connectivity index (χ0) is 16.1. The van der Waals surface area contributed by atoms with Crippen molar-refractivity contribution in [3.05, 3.63) is 52.6 Å². The van der Waals surface area contributed by atoms with E-state index >= 15 is 0 Å². The second-order valence-electron chi connectivity index (χ2n) is 5.25. The SMILES string of the molecule is Cc1ncc(CN(CCO)C(=O)C(C)c2ccc(Cl)cc2)[nH]1. The van der Waals surface area contributed by atoms with Crippen molar-refractivity contribution in [3.8, 4) is 0 Å². The van der Waals surface area contributed by atoms with Crippen LogP contribution in [0, 0.1) is 6.92 Å². The van der Waals surface area contributed by atoms with E-state index < -0.39 is 0 Å². The second-order valence-corrected chi connectivity index (χ2v) is 5.69. The first-order valence-corrected chi connectivity index (χ1v) is 7.54. The normalized spacial score (nSPS) is 12.2. The number of benzene rings is 1. The summed E-state index contributed by atoms with van der Waals surface area (Å²) in [7, 11) is 0. The van der Waals surface area contributed by atoms with E-state index in [1.54, 1.807) is 23.2 Å². The van der Waals surface area contributed by atoms with Gasteiger partial charge in [-0.05, 0) is 31.5 Å². The maximum atomic E-state index is 12.7. The third kappa shape index (κ3) is 4.08. The van der Waals surface area contributed by atoms with Gasteiger partial charge >= 0.3 is 0 Å². The number of aliphatic hydroxyl groups is 1. The zero-order valence-electron chi connectivity index (χ0n) is 12.7. The van der Waals surface area contributed by atoms with Crippen LogP contribution in [0.4, 0.5) is 0 Å². The molecule has 1 amide bonds. The number of amides is 1. The Morgan fingerprint density at radius 2 is 2.09 bits per heavy atom. The first-order chi connectivity index (χ1) is 10.5. The fourth-order valence-corrected chi connectivity index (χ4v) is 2.44. The van der Waals surface area contributed by atoms with Crippen molar-refractivity contribution in [3.63, 3.8) is 0 Å². The number of carbonyl (C=O) groups excluding carboxylic acids is 1. The number of imidazole rings is 1. The fraction of sp³-hybridized carbons (Fsp3) is 0.375. The summed E-state index contributed by atoms with van der Waals surface area (Å²) in [5.74, 6) is 0.466. The number of aromatic amines is 1. The highest BCUT2D eigenvalue weighted by Gasteiger charge is 2.22. The van der Waals surface area contributed by atoms with E-state index in [9.17, 15) is 9.90 Å². The van der Waals surface area contributed by atoms with Gasteiger partial charge in [-0.1, -0.05) is 23.7 Å². The molecule has 0 aliphatic heterocycles. The number of aryl methyl sites for hydroxylation is 1. The Morgan fingerprint density at radius 3 is 2.64 bits per heavy atom. The molecule has 1 heterocycles. The van der Waals surface area contributed by atoms with Crippen molar-refractivity contribution >= 4 is 17.5 Å². The molecule has 0 aliphatic rings. The number of carbonyl (C=O) groups is 1. The lowest BCUT2D eigenvalue weighted by molar-refractivity contribution is -0.133. The van der Waals surface area contributed by atoms with Gasteiger partial charge in [0.05, 0.1) is 31.0 Å². The summed E-state index contributed by atoms with van der Waals surface area (Å²) in [5.41, 5.74) is 1.75. The maximum Gasteiger partial charge on any atom is 0.230 e. The number of H-pyrrole nitrogens is 1. The third-order valence-electron chi connectivity index (χ3n) is 3.54. The van der Waals surface area contributed by atoms with Gasteiger partial charge in [-0.2, -0.15) is 0 Å². The molecule has 0 spiro atoms. The minimum absolute atomic E-state index is 0.0383. The van der Waals surface area contributed by atoms with Crippen molar-refractivity contribution in [1.29, 1.82) is 0 Å². The molecule has 0 saturated carbocycles. The Hall–Kier alpha value is -1.85. The van der Waals surface area contributed by atoms with Crippen LogP contribution in [0.2, 0.25) is 5.02 Å². The third-order valence-corrected chi connectivity index (χ3v) is 3.79. The minimum Gasteiger partial charge on any atom is -0.395 e. The van der Waals surface area contributed by atoms with Gasteiger partial charge in [0.1, 0.15) is 5.82 Å². The van der Waals surface area contributed by atoms with E-state index in [1.165, 1.54) is 0 Å². The summed E-state index contributed by atoms with van der Waals surface area (Å²) in [4.78, 5) is 21.5. The molecule has 5 nitrogen and oxygen atoms in total. The molecule has 2 aromatic rings. The van der Waals surface area contributed by atoms with Gasteiger partial charge in [0, 0.05) is 11.6 Å². The first kappa shape index (κ1) is 16.5. The molecule has 0 fully saturated rings. The molecular formula is C16H20ClN3O2. The molecule has 2 rings (SSSR count). The van der Waals surface area contributed by atoms with E-state index in [-0.39, 0.29) is 25.0 Å². The monoisotopic (exact) mass is 321 g/mol. The van der Waals surface area contributed by atoms with Gasteiger partial charge in [-0.3, -0.25) is 4.79 Å². The van der Waals surface area contributed by atoms with Crippen molar-refractivity contribution in [2.24, 2.45) is 0 Å². The quantitative estimate of drug-likeness (QED) is 0.859. The van der Waals surface area contributed by atoms with Gasteiger partial charge < -0.3 is 15.0 Å². The molecule has 1 aromatic heterocycles. The second kappa shape index (κ2) is 7.42. The lowest BCUT2D eigenvalue weighted by Crippen LogP contribution is -2.36. The minimum atomic E-state index is -0.298. The predicted molar refractivity (Wildman–Crippen MR) is 85.7 cm³/mol. The molecular weight excluding hydrogens is 302 g/mol.